The highest BCUT2D eigenvalue weighted by molar-refractivity contribution is 5.62. The van der Waals surface area contributed by atoms with Crippen molar-refractivity contribution in [3.63, 3.8) is 0 Å². The number of nitrogens with zero attached hydrogens (tertiary/aromatic N) is 3. The van der Waals surface area contributed by atoms with Gasteiger partial charge >= 0.3 is 0 Å². The van der Waals surface area contributed by atoms with E-state index in [0.717, 1.165) is 37.6 Å². The van der Waals surface area contributed by atoms with E-state index in [1.165, 1.54) is 12.1 Å². The predicted molar refractivity (Wildman–Crippen MR) is 58.3 cm³/mol. The first-order valence-electron chi connectivity index (χ1n) is 5.63. The third-order valence-corrected chi connectivity index (χ3v) is 3.06. The second-order valence-corrected chi connectivity index (χ2v) is 4.19. The Morgan fingerprint density at radius 3 is 2.88 bits per heavy atom. The summed E-state index contributed by atoms with van der Waals surface area (Å²) >= 11 is 0. The number of rotatable bonds is 1. The highest BCUT2D eigenvalue weighted by Gasteiger charge is 2.19. The van der Waals surface area contributed by atoms with Crippen LogP contribution in [-0.2, 0) is 13.0 Å². The van der Waals surface area contributed by atoms with Crippen LogP contribution in [0, 0.1) is 11.6 Å². The molecule has 3 nitrogen and oxygen atoms in total. The molecule has 5 heteroatoms. The smallest absolute Gasteiger partial charge is 0.135 e. The summed E-state index contributed by atoms with van der Waals surface area (Å²) in [6.45, 7) is 0.825. The van der Waals surface area contributed by atoms with Crippen LogP contribution in [0.4, 0.5) is 8.78 Å². The Bertz CT molecular complexity index is 563. The fourth-order valence-corrected chi connectivity index (χ4v) is 2.20. The van der Waals surface area contributed by atoms with Gasteiger partial charge in [-0.05, 0) is 31.4 Å². The van der Waals surface area contributed by atoms with E-state index in [4.69, 9.17) is 0 Å². The maximum Gasteiger partial charge on any atom is 0.135 e. The Morgan fingerprint density at radius 1 is 1.18 bits per heavy atom. The summed E-state index contributed by atoms with van der Waals surface area (Å²) in [4.78, 5) is 0. The number of benzene rings is 1. The lowest BCUT2D eigenvalue weighted by atomic mass is 10.0. The van der Waals surface area contributed by atoms with Gasteiger partial charge in [0, 0.05) is 18.2 Å². The number of halogens is 2. The standard InChI is InChI=1S/C12H11F2N3/c13-8-4-5-9(10(14)7-8)12-11-3-1-2-6-17(11)16-15-12/h4-5,7H,1-3,6H2. The molecule has 88 valence electrons. The van der Waals surface area contributed by atoms with Gasteiger partial charge in [-0.15, -0.1) is 5.10 Å². The van der Waals surface area contributed by atoms with Crippen molar-refractivity contribution in [1.82, 2.24) is 15.0 Å². The Balaban J connectivity index is 2.12. The van der Waals surface area contributed by atoms with Gasteiger partial charge in [0.25, 0.3) is 0 Å². The van der Waals surface area contributed by atoms with Crippen LogP contribution in [0.5, 0.6) is 0 Å². The van der Waals surface area contributed by atoms with Crippen LogP contribution in [0.2, 0.25) is 0 Å². The van der Waals surface area contributed by atoms with Crippen LogP contribution in [0.1, 0.15) is 18.5 Å². The van der Waals surface area contributed by atoms with Gasteiger partial charge in [-0.1, -0.05) is 5.21 Å². The van der Waals surface area contributed by atoms with Gasteiger partial charge in [0.1, 0.15) is 17.3 Å². The van der Waals surface area contributed by atoms with Crippen molar-refractivity contribution in [2.75, 3.05) is 0 Å². The molecule has 1 aromatic carbocycles. The van der Waals surface area contributed by atoms with E-state index >= 15 is 0 Å². The van der Waals surface area contributed by atoms with E-state index in [1.54, 1.807) is 0 Å². The fourth-order valence-electron chi connectivity index (χ4n) is 2.20. The highest BCUT2D eigenvalue weighted by atomic mass is 19.1. The van der Waals surface area contributed by atoms with Crippen LogP contribution in [0.25, 0.3) is 11.3 Å². The van der Waals surface area contributed by atoms with Gasteiger partial charge in [-0.25, -0.2) is 13.5 Å². The normalized spacial score (nSPS) is 14.7. The van der Waals surface area contributed by atoms with E-state index < -0.39 is 11.6 Å². The average Bonchev–Trinajstić information content (AvgIpc) is 2.73. The van der Waals surface area contributed by atoms with Gasteiger partial charge < -0.3 is 0 Å². The quantitative estimate of drug-likeness (QED) is 0.760. The molecule has 1 aliphatic heterocycles. The maximum atomic E-state index is 13.7. The van der Waals surface area contributed by atoms with Crippen LogP contribution in [-0.4, -0.2) is 15.0 Å². The molecule has 3 rings (SSSR count). The number of fused-ring (bicyclic) bond motifs is 1. The van der Waals surface area contributed by atoms with Gasteiger partial charge in [0.15, 0.2) is 0 Å². The maximum absolute atomic E-state index is 13.7. The molecule has 0 saturated heterocycles. The fraction of sp³-hybridized carbons (Fsp3) is 0.333. The second-order valence-electron chi connectivity index (χ2n) is 4.19. The Hall–Kier alpha value is -1.78. The molecule has 0 fully saturated rings. The molecular weight excluding hydrogens is 224 g/mol. The van der Waals surface area contributed by atoms with Gasteiger partial charge in [0.2, 0.25) is 0 Å². The average molecular weight is 235 g/mol. The van der Waals surface area contributed by atoms with E-state index in [9.17, 15) is 8.78 Å². The molecule has 2 heterocycles. The molecule has 0 unspecified atom stereocenters. The second kappa shape index (κ2) is 3.91. The van der Waals surface area contributed by atoms with Crippen LogP contribution < -0.4 is 0 Å². The van der Waals surface area contributed by atoms with E-state index in [0.29, 0.717) is 11.3 Å². The predicted octanol–water partition coefficient (Wildman–Crippen LogP) is 2.56. The zero-order valence-corrected chi connectivity index (χ0v) is 9.16. The molecule has 0 spiro atoms. The van der Waals surface area contributed by atoms with Crippen LogP contribution in [0.15, 0.2) is 18.2 Å². The van der Waals surface area contributed by atoms with E-state index in [2.05, 4.69) is 10.3 Å². The topological polar surface area (TPSA) is 30.7 Å². The van der Waals surface area contributed by atoms with Crippen molar-refractivity contribution >= 4 is 0 Å². The number of aryl methyl sites for hydroxylation is 1. The minimum atomic E-state index is -0.584. The Labute approximate surface area is 97.1 Å². The molecule has 0 bridgehead atoms. The molecule has 17 heavy (non-hydrogen) atoms. The van der Waals surface area contributed by atoms with Crippen LogP contribution in [0.3, 0.4) is 0 Å². The van der Waals surface area contributed by atoms with Crippen molar-refractivity contribution in [1.29, 1.82) is 0 Å². The summed E-state index contributed by atoms with van der Waals surface area (Å²) in [5, 5.41) is 8.01. The summed E-state index contributed by atoms with van der Waals surface area (Å²) in [5.41, 5.74) is 1.82. The Morgan fingerprint density at radius 2 is 2.06 bits per heavy atom. The lowest BCUT2D eigenvalue weighted by molar-refractivity contribution is 0.477. The van der Waals surface area contributed by atoms with Gasteiger partial charge in [-0.3, -0.25) is 0 Å². The first-order chi connectivity index (χ1) is 8.25. The molecule has 0 aliphatic carbocycles. The zero-order valence-electron chi connectivity index (χ0n) is 9.16. The summed E-state index contributed by atoms with van der Waals surface area (Å²) in [7, 11) is 0. The van der Waals surface area contributed by atoms with Crippen molar-refractivity contribution in [3.8, 4) is 11.3 Å². The summed E-state index contributed by atoms with van der Waals surface area (Å²) in [6.07, 6.45) is 2.98. The Kier molecular flexibility index (Phi) is 2.39. The molecule has 0 N–H and O–H groups in total. The minimum Gasteiger partial charge on any atom is -0.249 e. The van der Waals surface area contributed by atoms with Crippen molar-refractivity contribution < 1.29 is 8.78 Å². The lowest BCUT2D eigenvalue weighted by Crippen LogP contribution is -2.11. The first-order valence-corrected chi connectivity index (χ1v) is 5.63. The van der Waals surface area contributed by atoms with Gasteiger partial charge in [-0.2, -0.15) is 0 Å². The molecule has 2 aromatic rings. The minimum absolute atomic E-state index is 0.328. The van der Waals surface area contributed by atoms with Crippen molar-refractivity contribution in [2.24, 2.45) is 0 Å². The lowest BCUT2D eigenvalue weighted by Gasteiger charge is -2.13. The number of hydrogen-bond donors (Lipinski definition) is 0. The SMILES string of the molecule is Fc1ccc(-c2nnn3c2CCCC3)c(F)c1. The molecule has 0 saturated carbocycles. The van der Waals surface area contributed by atoms with E-state index in [-0.39, 0.29) is 0 Å². The summed E-state index contributed by atoms with van der Waals surface area (Å²) < 4.78 is 28.3. The van der Waals surface area contributed by atoms with E-state index in [1.807, 2.05) is 4.68 Å². The number of aromatic nitrogens is 3. The molecule has 1 aromatic heterocycles. The summed E-state index contributed by atoms with van der Waals surface area (Å²) in [5.74, 6) is -1.16. The molecule has 0 amide bonds. The third-order valence-electron chi connectivity index (χ3n) is 3.06. The number of hydrogen-bond acceptors (Lipinski definition) is 2. The monoisotopic (exact) mass is 235 g/mol. The largest absolute Gasteiger partial charge is 0.249 e. The molecule has 0 atom stereocenters. The first kappa shape index (κ1) is 10.4. The van der Waals surface area contributed by atoms with Crippen molar-refractivity contribution in [3.05, 3.63) is 35.5 Å². The molecule has 0 radical (unpaired) electrons. The third kappa shape index (κ3) is 1.71. The van der Waals surface area contributed by atoms with Crippen LogP contribution >= 0.6 is 0 Å². The molecular formula is C12H11F2N3. The van der Waals surface area contributed by atoms with Gasteiger partial charge in [0.05, 0.1) is 5.69 Å². The summed E-state index contributed by atoms with van der Waals surface area (Å²) in [6, 6.07) is 3.54. The van der Waals surface area contributed by atoms with Crippen molar-refractivity contribution in [2.45, 2.75) is 25.8 Å². The highest BCUT2D eigenvalue weighted by Crippen LogP contribution is 2.27. The zero-order chi connectivity index (χ0) is 11.8. The molecule has 1 aliphatic rings.